The fraction of sp³-hybridized carbons (Fsp3) is 0.250. The standard InChI is InChI=1S/C12H12N6O2/c19-12(20)18-2-1-8-3-15-11(17-10(8)6-18)16-9-4-13-7-14-5-9/h3-5,7H,1-2,6H2,(H,19,20)(H,15,16,17). The summed E-state index contributed by atoms with van der Waals surface area (Å²) >= 11 is 0. The first-order valence-electron chi connectivity index (χ1n) is 6.07. The van der Waals surface area contributed by atoms with E-state index in [0.29, 0.717) is 24.6 Å². The Hall–Kier alpha value is -2.77. The third-order valence-electron chi connectivity index (χ3n) is 3.03. The predicted octanol–water partition coefficient (Wildman–Crippen LogP) is 1.05. The van der Waals surface area contributed by atoms with Crippen LogP contribution in [0.25, 0.3) is 0 Å². The molecule has 0 aromatic carbocycles. The molecule has 102 valence electrons. The highest BCUT2D eigenvalue weighted by atomic mass is 16.4. The van der Waals surface area contributed by atoms with Crippen molar-refractivity contribution in [2.45, 2.75) is 13.0 Å². The number of anilines is 2. The molecule has 0 fully saturated rings. The lowest BCUT2D eigenvalue weighted by atomic mass is 10.1. The second-order valence-corrected chi connectivity index (χ2v) is 4.37. The molecular weight excluding hydrogens is 260 g/mol. The Bertz CT molecular complexity index is 633. The number of aromatic nitrogens is 4. The van der Waals surface area contributed by atoms with Crippen LogP contribution < -0.4 is 5.32 Å². The van der Waals surface area contributed by atoms with Crippen molar-refractivity contribution in [3.63, 3.8) is 0 Å². The first kappa shape index (κ1) is 12.3. The molecule has 2 N–H and O–H groups in total. The molecule has 0 spiro atoms. The van der Waals surface area contributed by atoms with E-state index in [1.807, 2.05) is 0 Å². The van der Waals surface area contributed by atoms with Crippen molar-refractivity contribution in [1.82, 2.24) is 24.8 Å². The molecule has 2 aromatic heterocycles. The molecular formula is C12H12N6O2. The van der Waals surface area contributed by atoms with Crippen molar-refractivity contribution in [2.24, 2.45) is 0 Å². The fourth-order valence-corrected chi connectivity index (χ4v) is 2.02. The van der Waals surface area contributed by atoms with Gasteiger partial charge in [0.25, 0.3) is 0 Å². The van der Waals surface area contributed by atoms with Crippen molar-refractivity contribution in [3.05, 3.63) is 36.2 Å². The van der Waals surface area contributed by atoms with Gasteiger partial charge in [0.2, 0.25) is 5.95 Å². The third-order valence-corrected chi connectivity index (χ3v) is 3.03. The molecule has 0 saturated carbocycles. The number of hydrogen-bond acceptors (Lipinski definition) is 6. The van der Waals surface area contributed by atoms with Crippen LogP contribution >= 0.6 is 0 Å². The number of nitrogens with zero attached hydrogens (tertiary/aromatic N) is 5. The SMILES string of the molecule is O=C(O)N1CCc2cnc(Nc3cncnc3)nc2C1. The normalized spacial score (nSPS) is 13.7. The van der Waals surface area contributed by atoms with Gasteiger partial charge in [0.15, 0.2) is 0 Å². The number of rotatable bonds is 2. The van der Waals surface area contributed by atoms with Crippen LogP contribution in [-0.4, -0.2) is 42.6 Å². The summed E-state index contributed by atoms with van der Waals surface area (Å²) in [5.41, 5.74) is 2.39. The lowest BCUT2D eigenvalue weighted by molar-refractivity contribution is 0.139. The smallest absolute Gasteiger partial charge is 0.407 e. The number of carboxylic acid groups (broad SMARTS) is 1. The molecule has 0 aliphatic carbocycles. The summed E-state index contributed by atoms with van der Waals surface area (Å²) in [7, 11) is 0. The average molecular weight is 272 g/mol. The molecule has 0 saturated heterocycles. The Kier molecular flexibility index (Phi) is 3.12. The van der Waals surface area contributed by atoms with E-state index in [-0.39, 0.29) is 6.54 Å². The van der Waals surface area contributed by atoms with Gasteiger partial charge in [-0.25, -0.2) is 24.7 Å². The van der Waals surface area contributed by atoms with Crippen LogP contribution in [0.2, 0.25) is 0 Å². The maximum absolute atomic E-state index is 11.0. The van der Waals surface area contributed by atoms with E-state index in [1.54, 1.807) is 18.6 Å². The average Bonchev–Trinajstić information content (AvgIpc) is 2.47. The number of fused-ring (bicyclic) bond motifs is 1. The summed E-state index contributed by atoms with van der Waals surface area (Å²) in [5, 5.41) is 12.0. The highest BCUT2D eigenvalue weighted by Gasteiger charge is 2.21. The molecule has 0 atom stereocenters. The van der Waals surface area contributed by atoms with Gasteiger partial charge in [0.05, 0.1) is 30.3 Å². The fourth-order valence-electron chi connectivity index (χ4n) is 2.02. The summed E-state index contributed by atoms with van der Waals surface area (Å²) in [6.45, 7) is 0.762. The van der Waals surface area contributed by atoms with Crippen LogP contribution in [0.1, 0.15) is 11.3 Å². The number of hydrogen-bond donors (Lipinski definition) is 2. The lowest BCUT2D eigenvalue weighted by Gasteiger charge is -2.25. The summed E-state index contributed by atoms with van der Waals surface area (Å²) in [6.07, 6.45) is 6.09. The molecule has 3 rings (SSSR count). The maximum atomic E-state index is 11.0. The number of amides is 1. The minimum Gasteiger partial charge on any atom is -0.465 e. The van der Waals surface area contributed by atoms with Crippen molar-refractivity contribution in [3.8, 4) is 0 Å². The van der Waals surface area contributed by atoms with Gasteiger partial charge in [-0.2, -0.15) is 0 Å². The summed E-state index contributed by atoms with van der Waals surface area (Å²) in [4.78, 5) is 28.7. The van der Waals surface area contributed by atoms with Gasteiger partial charge in [-0.3, -0.25) is 0 Å². The first-order chi connectivity index (χ1) is 9.72. The van der Waals surface area contributed by atoms with E-state index in [0.717, 1.165) is 11.3 Å². The van der Waals surface area contributed by atoms with Gasteiger partial charge < -0.3 is 15.3 Å². The molecule has 0 radical (unpaired) electrons. The molecule has 20 heavy (non-hydrogen) atoms. The zero-order valence-electron chi connectivity index (χ0n) is 10.5. The Morgan fingerprint density at radius 2 is 2.10 bits per heavy atom. The Morgan fingerprint density at radius 3 is 2.85 bits per heavy atom. The molecule has 2 aromatic rings. The van der Waals surface area contributed by atoms with Crippen molar-refractivity contribution >= 4 is 17.7 Å². The third kappa shape index (κ3) is 2.48. The van der Waals surface area contributed by atoms with Crippen LogP contribution in [0.5, 0.6) is 0 Å². The van der Waals surface area contributed by atoms with E-state index in [1.165, 1.54) is 11.2 Å². The predicted molar refractivity (Wildman–Crippen MR) is 69.5 cm³/mol. The lowest BCUT2D eigenvalue weighted by Crippen LogP contribution is -2.35. The minimum absolute atomic E-state index is 0.285. The Morgan fingerprint density at radius 1 is 1.30 bits per heavy atom. The number of carbonyl (C=O) groups is 1. The first-order valence-corrected chi connectivity index (χ1v) is 6.07. The van der Waals surface area contributed by atoms with Crippen LogP contribution in [0.15, 0.2) is 24.9 Å². The zero-order valence-corrected chi connectivity index (χ0v) is 10.5. The van der Waals surface area contributed by atoms with Gasteiger partial charge in [-0.1, -0.05) is 0 Å². The zero-order chi connectivity index (χ0) is 13.9. The van der Waals surface area contributed by atoms with E-state index in [9.17, 15) is 4.79 Å². The minimum atomic E-state index is -0.930. The molecule has 1 amide bonds. The van der Waals surface area contributed by atoms with E-state index in [4.69, 9.17) is 5.11 Å². The summed E-state index contributed by atoms with van der Waals surface area (Å²) in [6, 6.07) is 0. The summed E-state index contributed by atoms with van der Waals surface area (Å²) < 4.78 is 0. The van der Waals surface area contributed by atoms with Crippen LogP contribution in [0.3, 0.4) is 0 Å². The van der Waals surface area contributed by atoms with Gasteiger partial charge in [0, 0.05) is 12.7 Å². The molecule has 8 heteroatoms. The molecule has 1 aliphatic heterocycles. The second-order valence-electron chi connectivity index (χ2n) is 4.37. The van der Waals surface area contributed by atoms with Crippen molar-refractivity contribution in [2.75, 3.05) is 11.9 Å². The summed E-state index contributed by atoms with van der Waals surface area (Å²) in [5.74, 6) is 0.408. The van der Waals surface area contributed by atoms with Crippen LogP contribution in [0, 0.1) is 0 Å². The molecule has 0 unspecified atom stereocenters. The topological polar surface area (TPSA) is 104 Å². The largest absolute Gasteiger partial charge is 0.465 e. The van der Waals surface area contributed by atoms with Crippen LogP contribution in [-0.2, 0) is 13.0 Å². The maximum Gasteiger partial charge on any atom is 0.407 e. The molecule has 1 aliphatic rings. The van der Waals surface area contributed by atoms with Crippen molar-refractivity contribution < 1.29 is 9.90 Å². The van der Waals surface area contributed by atoms with Gasteiger partial charge in [0.1, 0.15) is 6.33 Å². The molecule has 0 bridgehead atoms. The van der Waals surface area contributed by atoms with Crippen molar-refractivity contribution in [1.29, 1.82) is 0 Å². The second kappa shape index (κ2) is 5.08. The Balaban J connectivity index is 1.82. The number of nitrogens with one attached hydrogen (secondary N) is 1. The monoisotopic (exact) mass is 272 g/mol. The quantitative estimate of drug-likeness (QED) is 0.841. The highest BCUT2D eigenvalue weighted by Crippen LogP contribution is 2.19. The molecule has 3 heterocycles. The van der Waals surface area contributed by atoms with Gasteiger partial charge in [-0.15, -0.1) is 0 Å². The van der Waals surface area contributed by atoms with Crippen LogP contribution in [0.4, 0.5) is 16.4 Å². The van der Waals surface area contributed by atoms with Gasteiger partial charge in [-0.05, 0) is 12.0 Å². The van der Waals surface area contributed by atoms with E-state index < -0.39 is 6.09 Å². The van der Waals surface area contributed by atoms with E-state index >= 15 is 0 Å². The Labute approximate surface area is 114 Å². The highest BCUT2D eigenvalue weighted by molar-refractivity contribution is 5.65. The van der Waals surface area contributed by atoms with Gasteiger partial charge >= 0.3 is 6.09 Å². The molecule has 8 nitrogen and oxygen atoms in total. The van der Waals surface area contributed by atoms with E-state index in [2.05, 4.69) is 25.3 Å².